The number of aryl methyl sites for hydroxylation is 2. The summed E-state index contributed by atoms with van der Waals surface area (Å²) in [4.78, 5) is 22.5. The molecule has 0 saturated carbocycles. The fourth-order valence-corrected chi connectivity index (χ4v) is 5.67. The molecule has 0 unspecified atom stereocenters. The van der Waals surface area contributed by atoms with Gasteiger partial charge in [-0.3, -0.25) is 4.79 Å². The molecule has 0 bridgehead atoms. The van der Waals surface area contributed by atoms with Crippen LogP contribution < -0.4 is 5.32 Å². The van der Waals surface area contributed by atoms with Crippen LogP contribution >= 0.6 is 23.4 Å². The highest BCUT2D eigenvalue weighted by Gasteiger charge is 2.22. The summed E-state index contributed by atoms with van der Waals surface area (Å²) in [6.45, 7) is 4.36. The second-order valence-corrected chi connectivity index (χ2v) is 10.8. The number of thioether (sulfide) groups is 1. The fourth-order valence-electron chi connectivity index (χ4n) is 4.60. The van der Waals surface area contributed by atoms with Crippen LogP contribution in [0.1, 0.15) is 51.0 Å². The maximum absolute atomic E-state index is 13.4. The van der Waals surface area contributed by atoms with Crippen molar-refractivity contribution in [3.8, 4) is 5.69 Å². The number of carbonyl (C=O) groups excluding carboxylic acids is 1. The first kappa shape index (κ1) is 27.6. The minimum atomic E-state index is -0.267. The number of benzene rings is 3. The minimum absolute atomic E-state index is 0.157. The Labute approximate surface area is 243 Å². The topological polar surface area (TPSA) is 85.6 Å². The Bertz CT molecular complexity index is 1520. The van der Waals surface area contributed by atoms with Gasteiger partial charge in [0, 0.05) is 34.6 Å². The van der Waals surface area contributed by atoms with E-state index >= 15 is 0 Å². The highest BCUT2D eigenvalue weighted by atomic mass is 35.5. The number of amides is 1. The van der Waals surface area contributed by atoms with E-state index < -0.39 is 0 Å². The molecule has 0 fully saturated rings. The Balaban J connectivity index is 1.36. The smallest absolute Gasteiger partial charge is 0.273 e. The molecular formula is C31H29ClN6OS. The summed E-state index contributed by atoms with van der Waals surface area (Å²) in [6, 6.07) is 29.9. The molecule has 9 heteroatoms. The van der Waals surface area contributed by atoms with Crippen molar-refractivity contribution in [1.29, 1.82) is 0 Å². The van der Waals surface area contributed by atoms with E-state index in [1.165, 1.54) is 22.9 Å². The normalized spacial score (nSPS) is 11.1. The Morgan fingerprint density at radius 2 is 1.50 bits per heavy atom. The van der Waals surface area contributed by atoms with Crippen molar-refractivity contribution in [2.75, 3.05) is 6.54 Å². The molecule has 0 aliphatic heterocycles. The molecular weight excluding hydrogens is 540 g/mol. The Morgan fingerprint density at radius 1 is 0.900 bits per heavy atom. The quantitative estimate of drug-likeness (QED) is 0.151. The lowest BCUT2D eigenvalue weighted by Crippen LogP contribution is -2.27. The molecule has 202 valence electrons. The maximum Gasteiger partial charge on any atom is 0.273 e. The van der Waals surface area contributed by atoms with Crippen LogP contribution in [0.3, 0.4) is 0 Å². The number of carbonyl (C=O) groups is 1. The Kier molecular flexibility index (Phi) is 8.88. The molecule has 0 saturated heterocycles. The van der Waals surface area contributed by atoms with Gasteiger partial charge in [-0.1, -0.05) is 89.2 Å². The maximum atomic E-state index is 13.4. The molecule has 1 N–H and O–H groups in total. The predicted molar refractivity (Wildman–Crippen MR) is 159 cm³/mol. The van der Waals surface area contributed by atoms with Gasteiger partial charge in [0.15, 0.2) is 10.9 Å². The Hall–Kier alpha value is -4.01. The number of hydrogen-bond donors (Lipinski definition) is 1. The van der Waals surface area contributed by atoms with E-state index in [0.29, 0.717) is 28.2 Å². The molecule has 0 aliphatic rings. The SMILES string of the molecule is Cc1cc(C)nc(SCc2c(C(=O)NCCC(c3ccccc3)c3ccccc3)nnn2-c2ccc(Cl)cc2)n1. The van der Waals surface area contributed by atoms with Crippen LogP contribution in [-0.4, -0.2) is 37.4 Å². The molecule has 1 amide bonds. The predicted octanol–water partition coefficient (Wildman–Crippen LogP) is 6.57. The first-order valence-corrected chi connectivity index (χ1v) is 14.4. The molecule has 2 aromatic heterocycles. The average Bonchev–Trinajstić information content (AvgIpc) is 3.39. The van der Waals surface area contributed by atoms with Crippen LogP contribution in [-0.2, 0) is 5.75 Å². The van der Waals surface area contributed by atoms with E-state index in [4.69, 9.17) is 11.6 Å². The van der Waals surface area contributed by atoms with E-state index in [9.17, 15) is 4.79 Å². The van der Waals surface area contributed by atoms with Crippen LogP contribution in [0.25, 0.3) is 5.69 Å². The zero-order chi connectivity index (χ0) is 27.9. The zero-order valence-electron chi connectivity index (χ0n) is 22.3. The van der Waals surface area contributed by atoms with Crippen molar-refractivity contribution >= 4 is 29.3 Å². The van der Waals surface area contributed by atoms with E-state index in [0.717, 1.165) is 23.5 Å². The second-order valence-electron chi connectivity index (χ2n) is 9.41. The van der Waals surface area contributed by atoms with Crippen LogP contribution in [0.5, 0.6) is 0 Å². The third kappa shape index (κ3) is 6.76. The molecule has 5 rings (SSSR count). The highest BCUT2D eigenvalue weighted by molar-refractivity contribution is 7.98. The van der Waals surface area contributed by atoms with Gasteiger partial charge in [0.25, 0.3) is 5.91 Å². The van der Waals surface area contributed by atoms with Crippen molar-refractivity contribution in [2.24, 2.45) is 0 Å². The van der Waals surface area contributed by atoms with E-state index in [1.54, 1.807) is 16.8 Å². The lowest BCUT2D eigenvalue weighted by Gasteiger charge is -2.18. The highest BCUT2D eigenvalue weighted by Crippen LogP contribution is 2.28. The summed E-state index contributed by atoms with van der Waals surface area (Å²) in [7, 11) is 0. The van der Waals surface area contributed by atoms with E-state index in [2.05, 4.69) is 49.9 Å². The number of rotatable bonds is 10. The van der Waals surface area contributed by atoms with Crippen LogP contribution in [0.4, 0.5) is 0 Å². The monoisotopic (exact) mass is 568 g/mol. The van der Waals surface area contributed by atoms with Crippen LogP contribution in [0.15, 0.2) is 96.2 Å². The first-order chi connectivity index (χ1) is 19.5. The van der Waals surface area contributed by atoms with Gasteiger partial charge >= 0.3 is 0 Å². The standard InChI is InChI=1S/C31H29ClN6OS/c1-21-19-22(2)35-31(34-21)40-20-28-29(36-37-38(28)26-15-13-25(32)14-16-26)30(39)33-18-17-27(23-9-5-3-6-10-23)24-11-7-4-8-12-24/h3-16,19,27H,17-18,20H2,1-2H3,(H,33,39). The lowest BCUT2D eigenvalue weighted by atomic mass is 9.88. The number of aromatic nitrogens is 5. The van der Waals surface area contributed by atoms with Crippen LogP contribution in [0.2, 0.25) is 5.02 Å². The summed E-state index contributed by atoms with van der Waals surface area (Å²) in [5.41, 5.74) is 5.91. The summed E-state index contributed by atoms with van der Waals surface area (Å²) < 4.78 is 1.68. The van der Waals surface area contributed by atoms with Gasteiger partial charge in [-0.05, 0) is 61.7 Å². The van der Waals surface area contributed by atoms with Gasteiger partial charge in [-0.25, -0.2) is 14.6 Å². The number of nitrogens with one attached hydrogen (secondary N) is 1. The van der Waals surface area contributed by atoms with Crippen molar-refractivity contribution in [2.45, 2.75) is 37.1 Å². The lowest BCUT2D eigenvalue weighted by molar-refractivity contribution is 0.0947. The number of hydrogen-bond acceptors (Lipinski definition) is 6. The summed E-state index contributed by atoms with van der Waals surface area (Å²) in [6.07, 6.45) is 0.742. The molecule has 7 nitrogen and oxygen atoms in total. The molecule has 0 radical (unpaired) electrons. The summed E-state index contributed by atoms with van der Waals surface area (Å²) in [5, 5.41) is 13.0. The van der Waals surface area contributed by atoms with Gasteiger partial charge in [0.2, 0.25) is 0 Å². The summed E-state index contributed by atoms with van der Waals surface area (Å²) in [5.74, 6) is 0.305. The second kappa shape index (κ2) is 12.9. The summed E-state index contributed by atoms with van der Waals surface area (Å²) >= 11 is 7.55. The third-order valence-corrected chi connectivity index (χ3v) is 7.58. The van der Waals surface area contributed by atoms with E-state index in [-0.39, 0.29) is 17.5 Å². The molecule has 0 atom stereocenters. The molecule has 3 aromatic carbocycles. The molecule has 40 heavy (non-hydrogen) atoms. The van der Waals surface area contributed by atoms with Gasteiger partial charge in [-0.15, -0.1) is 5.10 Å². The van der Waals surface area contributed by atoms with Crippen molar-refractivity contribution in [3.05, 3.63) is 130 Å². The first-order valence-electron chi connectivity index (χ1n) is 13.0. The van der Waals surface area contributed by atoms with Gasteiger partial charge < -0.3 is 5.32 Å². The average molecular weight is 569 g/mol. The zero-order valence-corrected chi connectivity index (χ0v) is 23.9. The third-order valence-electron chi connectivity index (χ3n) is 6.47. The van der Waals surface area contributed by atoms with Gasteiger partial charge in [-0.2, -0.15) is 0 Å². The molecule has 2 heterocycles. The minimum Gasteiger partial charge on any atom is -0.351 e. The van der Waals surface area contributed by atoms with Gasteiger partial charge in [0.05, 0.1) is 11.4 Å². The fraction of sp³-hybridized carbons (Fsp3) is 0.194. The molecule has 5 aromatic rings. The molecule has 0 aliphatic carbocycles. The van der Waals surface area contributed by atoms with Crippen molar-refractivity contribution in [1.82, 2.24) is 30.3 Å². The largest absolute Gasteiger partial charge is 0.351 e. The van der Waals surface area contributed by atoms with Crippen molar-refractivity contribution < 1.29 is 4.79 Å². The van der Waals surface area contributed by atoms with Crippen LogP contribution in [0, 0.1) is 13.8 Å². The van der Waals surface area contributed by atoms with E-state index in [1.807, 2.05) is 68.4 Å². The molecule has 0 spiro atoms. The Morgan fingerprint density at radius 3 is 2.10 bits per heavy atom. The number of nitrogens with zero attached hydrogens (tertiary/aromatic N) is 5. The van der Waals surface area contributed by atoms with Gasteiger partial charge in [0.1, 0.15) is 0 Å². The number of halogens is 1. The van der Waals surface area contributed by atoms with Crippen molar-refractivity contribution in [3.63, 3.8) is 0 Å².